The van der Waals surface area contributed by atoms with Crippen LogP contribution in [0, 0.1) is 0 Å². The van der Waals surface area contributed by atoms with Crippen LogP contribution in [0.15, 0.2) is 24.3 Å². The van der Waals surface area contributed by atoms with Gasteiger partial charge in [-0.3, -0.25) is 9.59 Å². The molecule has 0 heterocycles. The Kier molecular flexibility index (Phi) is 7.96. The van der Waals surface area contributed by atoms with Crippen molar-refractivity contribution in [2.24, 2.45) is 0 Å². The van der Waals surface area contributed by atoms with E-state index in [-0.39, 0.29) is 11.8 Å². The number of hydrogen-bond donors (Lipinski definition) is 1. The van der Waals surface area contributed by atoms with Gasteiger partial charge in [0.2, 0.25) is 11.8 Å². The first-order valence-corrected chi connectivity index (χ1v) is 8.19. The first kappa shape index (κ1) is 18.5. The molecule has 22 heavy (non-hydrogen) atoms. The average Bonchev–Trinajstić information content (AvgIpc) is 2.51. The van der Waals surface area contributed by atoms with Gasteiger partial charge >= 0.3 is 0 Å². The van der Waals surface area contributed by atoms with Gasteiger partial charge in [-0.05, 0) is 31.4 Å². The molecule has 0 saturated carbocycles. The molecule has 1 aromatic rings. The highest BCUT2D eigenvalue weighted by atomic mass is 35.5. The van der Waals surface area contributed by atoms with Gasteiger partial charge in [-0.1, -0.05) is 43.6 Å². The van der Waals surface area contributed by atoms with Gasteiger partial charge in [-0.25, -0.2) is 0 Å². The van der Waals surface area contributed by atoms with Crippen LogP contribution in [0.4, 0.5) is 0 Å². The van der Waals surface area contributed by atoms with Crippen LogP contribution >= 0.6 is 11.6 Å². The quantitative estimate of drug-likeness (QED) is 0.797. The molecule has 122 valence electrons. The van der Waals surface area contributed by atoms with Crippen molar-refractivity contribution in [3.05, 3.63) is 34.9 Å². The SMILES string of the molecule is CCCNC(=O)[C@H](C)N(Cc1ccccc1Cl)C(=O)CCC. The molecule has 0 aliphatic heterocycles. The van der Waals surface area contributed by atoms with E-state index in [0.717, 1.165) is 18.4 Å². The van der Waals surface area contributed by atoms with Gasteiger partial charge in [0.1, 0.15) is 6.04 Å². The minimum atomic E-state index is -0.512. The normalized spacial score (nSPS) is 11.8. The molecule has 0 aliphatic rings. The zero-order chi connectivity index (χ0) is 16.5. The molecule has 1 rings (SSSR count). The number of hydrogen-bond acceptors (Lipinski definition) is 2. The van der Waals surface area contributed by atoms with Crippen molar-refractivity contribution in [1.29, 1.82) is 0 Å². The summed E-state index contributed by atoms with van der Waals surface area (Å²) in [5, 5.41) is 3.45. The van der Waals surface area contributed by atoms with Crippen LogP contribution in [0.5, 0.6) is 0 Å². The summed E-state index contributed by atoms with van der Waals surface area (Å²) in [6, 6.07) is 6.89. The van der Waals surface area contributed by atoms with E-state index in [1.807, 2.05) is 32.0 Å². The van der Waals surface area contributed by atoms with Crippen molar-refractivity contribution in [3.8, 4) is 0 Å². The van der Waals surface area contributed by atoms with Crippen LogP contribution in [0.2, 0.25) is 5.02 Å². The van der Waals surface area contributed by atoms with Gasteiger partial charge in [-0.15, -0.1) is 0 Å². The third-order valence-electron chi connectivity index (χ3n) is 3.48. The van der Waals surface area contributed by atoms with E-state index in [4.69, 9.17) is 11.6 Å². The fourth-order valence-corrected chi connectivity index (χ4v) is 2.34. The molecule has 0 aromatic heterocycles. The number of rotatable bonds is 8. The molecule has 0 radical (unpaired) electrons. The molecular formula is C17H25ClN2O2. The Morgan fingerprint density at radius 2 is 1.91 bits per heavy atom. The first-order valence-electron chi connectivity index (χ1n) is 7.81. The van der Waals surface area contributed by atoms with Crippen molar-refractivity contribution < 1.29 is 9.59 Å². The summed E-state index contributed by atoms with van der Waals surface area (Å²) in [5.74, 6) is -0.153. The molecule has 1 N–H and O–H groups in total. The van der Waals surface area contributed by atoms with Crippen molar-refractivity contribution in [2.45, 2.75) is 52.6 Å². The Hall–Kier alpha value is -1.55. The topological polar surface area (TPSA) is 49.4 Å². The number of nitrogens with zero attached hydrogens (tertiary/aromatic N) is 1. The van der Waals surface area contributed by atoms with Gasteiger partial charge in [0.15, 0.2) is 0 Å². The van der Waals surface area contributed by atoms with Crippen molar-refractivity contribution in [3.63, 3.8) is 0 Å². The Bertz CT molecular complexity index is 505. The van der Waals surface area contributed by atoms with Gasteiger partial charge in [0.05, 0.1) is 0 Å². The number of amides is 2. The Labute approximate surface area is 137 Å². The van der Waals surface area contributed by atoms with Crippen LogP contribution in [-0.2, 0) is 16.1 Å². The fraction of sp³-hybridized carbons (Fsp3) is 0.529. The second-order valence-corrected chi connectivity index (χ2v) is 5.74. The van der Waals surface area contributed by atoms with E-state index in [1.54, 1.807) is 17.9 Å². The van der Waals surface area contributed by atoms with Gasteiger partial charge in [0, 0.05) is 24.5 Å². The Morgan fingerprint density at radius 1 is 1.23 bits per heavy atom. The summed E-state index contributed by atoms with van der Waals surface area (Å²) in [5.41, 5.74) is 0.851. The summed E-state index contributed by atoms with van der Waals surface area (Å²) >= 11 is 6.18. The molecule has 1 aromatic carbocycles. The van der Waals surface area contributed by atoms with E-state index < -0.39 is 6.04 Å². The van der Waals surface area contributed by atoms with E-state index in [2.05, 4.69) is 5.32 Å². The molecule has 0 spiro atoms. The molecule has 5 heteroatoms. The molecule has 0 bridgehead atoms. The van der Waals surface area contributed by atoms with E-state index in [1.165, 1.54) is 0 Å². The first-order chi connectivity index (χ1) is 10.5. The predicted octanol–water partition coefficient (Wildman–Crippen LogP) is 3.38. The van der Waals surface area contributed by atoms with Crippen molar-refractivity contribution in [1.82, 2.24) is 10.2 Å². The third-order valence-corrected chi connectivity index (χ3v) is 3.85. The Balaban J connectivity index is 2.90. The number of carbonyl (C=O) groups is 2. The fourth-order valence-electron chi connectivity index (χ4n) is 2.15. The summed E-state index contributed by atoms with van der Waals surface area (Å²) in [4.78, 5) is 26.2. The number of benzene rings is 1. The second-order valence-electron chi connectivity index (χ2n) is 5.33. The highest BCUT2D eigenvalue weighted by Gasteiger charge is 2.25. The number of carbonyl (C=O) groups excluding carboxylic acids is 2. The smallest absolute Gasteiger partial charge is 0.242 e. The molecular weight excluding hydrogens is 300 g/mol. The van der Waals surface area contributed by atoms with E-state index in [0.29, 0.717) is 24.5 Å². The molecule has 0 saturated heterocycles. The van der Waals surface area contributed by atoms with Crippen LogP contribution in [-0.4, -0.2) is 29.3 Å². The Morgan fingerprint density at radius 3 is 2.50 bits per heavy atom. The van der Waals surface area contributed by atoms with Crippen LogP contribution in [0.3, 0.4) is 0 Å². The molecule has 0 unspecified atom stereocenters. The highest BCUT2D eigenvalue weighted by molar-refractivity contribution is 6.31. The lowest BCUT2D eigenvalue weighted by molar-refractivity contribution is -0.140. The molecule has 0 fully saturated rings. The summed E-state index contributed by atoms with van der Waals surface area (Å²) < 4.78 is 0. The molecule has 2 amide bonds. The molecule has 4 nitrogen and oxygen atoms in total. The predicted molar refractivity (Wildman–Crippen MR) is 89.7 cm³/mol. The van der Waals surface area contributed by atoms with Gasteiger partial charge in [0.25, 0.3) is 0 Å². The summed E-state index contributed by atoms with van der Waals surface area (Å²) in [6.07, 6.45) is 2.04. The lowest BCUT2D eigenvalue weighted by atomic mass is 10.1. The maximum absolute atomic E-state index is 12.4. The second kappa shape index (κ2) is 9.46. The lowest BCUT2D eigenvalue weighted by Crippen LogP contribution is -2.47. The largest absolute Gasteiger partial charge is 0.354 e. The van der Waals surface area contributed by atoms with Crippen LogP contribution in [0.25, 0.3) is 0 Å². The minimum Gasteiger partial charge on any atom is -0.354 e. The zero-order valence-corrected chi connectivity index (χ0v) is 14.3. The third kappa shape index (κ3) is 5.34. The van der Waals surface area contributed by atoms with Crippen molar-refractivity contribution in [2.75, 3.05) is 6.54 Å². The van der Waals surface area contributed by atoms with Crippen molar-refractivity contribution >= 4 is 23.4 Å². The van der Waals surface area contributed by atoms with Gasteiger partial charge < -0.3 is 10.2 Å². The number of nitrogens with one attached hydrogen (secondary N) is 1. The summed E-state index contributed by atoms with van der Waals surface area (Å²) in [6.45, 7) is 6.67. The van der Waals surface area contributed by atoms with E-state index >= 15 is 0 Å². The maximum Gasteiger partial charge on any atom is 0.242 e. The van der Waals surface area contributed by atoms with Crippen LogP contribution < -0.4 is 5.32 Å². The molecule has 1 atom stereocenters. The monoisotopic (exact) mass is 324 g/mol. The van der Waals surface area contributed by atoms with Gasteiger partial charge in [-0.2, -0.15) is 0 Å². The lowest BCUT2D eigenvalue weighted by Gasteiger charge is -2.29. The highest BCUT2D eigenvalue weighted by Crippen LogP contribution is 2.19. The zero-order valence-electron chi connectivity index (χ0n) is 13.6. The molecule has 0 aliphatic carbocycles. The maximum atomic E-state index is 12.4. The average molecular weight is 325 g/mol. The minimum absolute atomic E-state index is 0.0263. The number of halogens is 1. The summed E-state index contributed by atoms with van der Waals surface area (Å²) in [7, 11) is 0. The van der Waals surface area contributed by atoms with Crippen LogP contribution in [0.1, 0.15) is 45.6 Å². The van der Waals surface area contributed by atoms with E-state index in [9.17, 15) is 9.59 Å². The standard InChI is InChI=1S/C17H25ClN2O2/c1-4-8-16(21)20(13(3)17(22)19-11-5-2)12-14-9-6-7-10-15(14)18/h6-7,9-10,13H,4-5,8,11-12H2,1-3H3,(H,19,22)/t13-/m0/s1.